The second-order valence-electron chi connectivity index (χ2n) is 4.69. The summed E-state index contributed by atoms with van der Waals surface area (Å²) in [6.45, 7) is 5.50. The van der Waals surface area contributed by atoms with E-state index in [4.69, 9.17) is 9.47 Å². The highest BCUT2D eigenvalue weighted by atomic mass is 16.6. The van der Waals surface area contributed by atoms with Crippen molar-refractivity contribution in [2.24, 2.45) is 0 Å². The predicted octanol–water partition coefficient (Wildman–Crippen LogP) is 2.96. The maximum absolute atomic E-state index is 11.8. The molecule has 0 spiro atoms. The van der Waals surface area contributed by atoms with E-state index >= 15 is 0 Å². The number of rotatable bonds is 4. The van der Waals surface area contributed by atoms with Gasteiger partial charge in [0.25, 0.3) is 0 Å². The lowest BCUT2D eigenvalue weighted by Gasteiger charge is -2.24. The molecule has 1 aromatic heterocycles. The van der Waals surface area contributed by atoms with Gasteiger partial charge in [-0.1, -0.05) is 12.1 Å². The molecule has 0 aliphatic rings. The molecular formula is C15H17NO3. The summed E-state index contributed by atoms with van der Waals surface area (Å²) >= 11 is 0. The third kappa shape index (κ3) is 2.84. The lowest BCUT2D eigenvalue weighted by molar-refractivity contribution is -0.158. The third-order valence-electron chi connectivity index (χ3n) is 2.78. The zero-order valence-electron chi connectivity index (χ0n) is 11.3. The topological polar surface area (TPSA) is 48.4 Å². The second-order valence-corrected chi connectivity index (χ2v) is 4.69. The number of ether oxygens (including phenoxy) is 2. The molecule has 0 unspecified atom stereocenters. The Kier molecular flexibility index (Phi) is 3.69. The largest absolute Gasteiger partial charge is 0.475 e. The molecule has 0 N–H and O–H groups in total. The number of aromatic nitrogens is 1. The van der Waals surface area contributed by atoms with Crippen LogP contribution in [0.3, 0.4) is 0 Å². The zero-order chi connectivity index (χ0) is 13.9. The summed E-state index contributed by atoms with van der Waals surface area (Å²) in [5, 5.41) is 1.90. The van der Waals surface area contributed by atoms with Gasteiger partial charge in [0, 0.05) is 17.8 Å². The van der Waals surface area contributed by atoms with Crippen LogP contribution in [0.2, 0.25) is 0 Å². The van der Waals surface area contributed by atoms with E-state index < -0.39 is 5.60 Å². The normalized spacial score (nSPS) is 11.3. The van der Waals surface area contributed by atoms with Crippen LogP contribution in [0.4, 0.5) is 0 Å². The van der Waals surface area contributed by atoms with Gasteiger partial charge in [0.2, 0.25) is 0 Å². The number of esters is 1. The Morgan fingerprint density at radius 1 is 1.32 bits per heavy atom. The molecule has 0 saturated carbocycles. The van der Waals surface area contributed by atoms with Crippen LogP contribution in [0.5, 0.6) is 5.75 Å². The van der Waals surface area contributed by atoms with Crippen LogP contribution >= 0.6 is 0 Å². The fourth-order valence-electron chi connectivity index (χ4n) is 1.80. The molecule has 19 heavy (non-hydrogen) atoms. The molecule has 4 nitrogen and oxygen atoms in total. The van der Waals surface area contributed by atoms with Crippen LogP contribution in [0.1, 0.15) is 20.8 Å². The summed E-state index contributed by atoms with van der Waals surface area (Å²) in [6, 6.07) is 7.59. The van der Waals surface area contributed by atoms with E-state index in [9.17, 15) is 4.79 Å². The van der Waals surface area contributed by atoms with E-state index in [2.05, 4.69) is 4.98 Å². The number of benzene rings is 1. The third-order valence-corrected chi connectivity index (χ3v) is 2.78. The molecule has 4 heteroatoms. The molecule has 0 aliphatic carbocycles. The predicted molar refractivity (Wildman–Crippen MR) is 73.1 cm³/mol. The Morgan fingerprint density at radius 3 is 2.84 bits per heavy atom. The zero-order valence-corrected chi connectivity index (χ0v) is 11.3. The number of carbonyl (C=O) groups excluding carboxylic acids is 1. The first-order valence-corrected chi connectivity index (χ1v) is 6.23. The molecule has 1 aromatic carbocycles. The van der Waals surface area contributed by atoms with Crippen molar-refractivity contribution in [3.63, 3.8) is 0 Å². The molecule has 0 atom stereocenters. The van der Waals surface area contributed by atoms with Crippen LogP contribution in [-0.4, -0.2) is 23.2 Å². The summed E-state index contributed by atoms with van der Waals surface area (Å²) in [6.07, 6.45) is 3.45. The van der Waals surface area contributed by atoms with Crippen molar-refractivity contribution in [3.8, 4) is 5.75 Å². The highest BCUT2D eigenvalue weighted by Crippen LogP contribution is 2.28. The first kappa shape index (κ1) is 13.3. The average Bonchev–Trinajstić information content (AvgIpc) is 2.39. The van der Waals surface area contributed by atoms with Gasteiger partial charge in [0.1, 0.15) is 5.75 Å². The molecule has 2 aromatic rings. The molecule has 0 saturated heterocycles. The van der Waals surface area contributed by atoms with Gasteiger partial charge < -0.3 is 9.47 Å². The lowest BCUT2D eigenvalue weighted by Crippen LogP contribution is -2.39. The van der Waals surface area contributed by atoms with Crippen molar-refractivity contribution in [2.75, 3.05) is 6.61 Å². The van der Waals surface area contributed by atoms with E-state index in [1.807, 2.05) is 24.3 Å². The van der Waals surface area contributed by atoms with Crippen molar-refractivity contribution >= 4 is 16.7 Å². The molecule has 0 fully saturated rings. The molecule has 0 aliphatic heterocycles. The molecule has 0 bridgehead atoms. The number of pyridine rings is 1. The maximum Gasteiger partial charge on any atom is 0.349 e. The molecule has 2 rings (SSSR count). The lowest BCUT2D eigenvalue weighted by atomic mass is 10.1. The first-order valence-electron chi connectivity index (χ1n) is 6.23. The standard InChI is InChI=1S/C15H17NO3/c1-4-18-14(17)15(2,3)19-13-7-5-6-11-8-9-16-10-12(11)13/h5-10H,4H2,1-3H3. The van der Waals surface area contributed by atoms with Crippen LogP contribution in [0, 0.1) is 0 Å². The Bertz CT molecular complexity index is 587. The molecule has 1 heterocycles. The average molecular weight is 259 g/mol. The fourth-order valence-corrected chi connectivity index (χ4v) is 1.80. The Hall–Kier alpha value is -2.10. The Morgan fingerprint density at radius 2 is 2.11 bits per heavy atom. The summed E-state index contributed by atoms with van der Waals surface area (Å²) in [7, 11) is 0. The quantitative estimate of drug-likeness (QED) is 0.792. The van der Waals surface area contributed by atoms with Gasteiger partial charge in [-0.25, -0.2) is 4.79 Å². The van der Waals surface area contributed by atoms with Crippen molar-refractivity contribution in [3.05, 3.63) is 36.7 Å². The highest BCUT2D eigenvalue weighted by molar-refractivity contribution is 5.88. The van der Waals surface area contributed by atoms with E-state index in [0.29, 0.717) is 12.4 Å². The molecule has 0 amide bonds. The smallest absolute Gasteiger partial charge is 0.349 e. The van der Waals surface area contributed by atoms with Gasteiger partial charge >= 0.3 is 5.97 Å². The summed E-state index contributed by atoms with van der Waals surface area (Å²) < 4.78 is 10.8. The van der Waals surface area contributed by atoms with Crippen LogP contribution in [-0.2, 0) is 9.53 Å². The number of nitrogens with zero attached hydrogens (tertiary/aromatic N) is 1. The number of hydrogen-bond acceptors (Lipinski definition) is 4. The van der Waals surface area contributed by atoms with E-state index in [1.54, 1.807) is 33.2 Å². The minimum atomic E-state index is -1.03. The summed E-state index contributed by atoms with van der Waals surface area (Å²) in [5.41, 5.74) is -1.03. The number of hydrogen-bond donors (Lipinski definition) is 0. The SMILES string of the molecule is CCOC(=O)C(C)(C)Oc1cccc2ccncc12. The van der Waals surface area contributed by atoms with Crippen LogP contribution in [0.15, 0.2) is 36.7 Å². The Balaban J connectivity index is 2.33. The van der Waals surface area contributed by atoms with Crippen molar-refractivity contribution < 1.29 is 14.3 Å². The highest BCUT2D eigenvalue weighted by Gasteiger charge is 2.32. The van der Waals surface area contributed by atoms with Crippen molar-refractivity contribution in [1.29, 1.82) is 0 Å². The molecule has 0 radical (unpaired) electrons. The van der Waals surface area contributed by atoms with Crippen molar-refractivity contribution in [1.82, 2.24) is 4.98 Å². The maximum atomic E-state index is 11.8. The monoisotopic (exact) mass is 259 g/mol. The van der Waals surface area contributed by atoms with E-state index in [-0.39, 0.29) is 5.97 Å². The number of carbonyl (C=O) groups is 1. The minimum absolute atomic E-state index is 0.336. The van der Waals surface area contributed by atoms with Gasteiger partial charge in [-0.3, -0.25) is 4.98 Å². The minimum Gasteiger partial charge on any atom is -0.475 e. The van der Waals surface area contributed by atoms with Gasteiger partial charge in [-0.05, 0) is 38.3 Å². The van der Waals surface area contributed by atoms with Crippen LogP contribution < -0.4 is 4.74 Å². The van der Waals surface area contributed by atoms with Gasteiger partial charge in [-0.15, -0.1) is 0 Å². The van der Waals surface area contributed by atoms with Gasteiger partial charge in [-0.2, -0.15) is 0 Å². The first-order chi connectivity index (χ1) is 9.04. The second kappa shape index (κ2) is 5.26. The van der Waals surface area contributed by atoms with Crippen LogP contribution in [0.25, 0.3) is 10.8 Å². The van der Waals surface area contributed by atoms with Gasteiger partial charge in [0.05, 0.1) is 6.61 Å². The number of fused-ring (bicyclic) bond motifs is 1. The van der Waals surface area contributed by atoms with E-state index in [1.165, 1.54) is 0 Å². The molecule has 100 valence electrons. The molecular weight excluding hydrogens is 242 g/mol. The Labute approximate surface area is 112 Å². The van der Waals surface area contributed by atoms with Gasteiger partial charge in [0.15, 0.2) is 5.60 Å². The summed E-state index contributed by atoms with van der Waals surface area (Å²) in [4.78, 5) is 15.9. The van der Waals surface area contributed by atoms with E-state index in [0.717, 1.165) is 10.8 Å². The fraction of sp³-hybridized carbons (Fsp3) is 0.333. The summed E-state index contributed by atoms with van der Waals surface area (Å²) in [5.74, 6) is 0.250. The van der Waals surface area contributed by atoms with Crippen molar-refractivity contribution in [2.45, 2.75) is 26.4 Å².